The molecule has 4 nitrogen and oxygen atoms in total. The van der Waals surface area contributed by atoms with Crippen LogP contribution in [0.3, 0.4) is 0 Å². The van der Waals surface area contributed by atoms with E-state index >= 15 is 0 Å². The van der Waals surface area contributed by atoms with Crippen LogP contribution in [0.15, 0.2) is 48.3 Å². The smallest absolute Gasteiger partial charge is 0.100 e. The van der Waals surface area contributed by atoms with Crippen LogP contribution in [-0.2, 0) is 0 Å². The first kappa shape index (κ1) is 18.8. The molecular weight excluding hydrogens is 372 g/mol. The summed E-state index contributed by atoms with van der Waals surface area (Å²) >= 11 is 0. The van der Waals surface area contributed by atoms with E-state index in [9.17, 15) is 10.2 Å². The number of aromatic nitrogens is 2. The lowest BCUT2D eigenvalue weighted by atomic mass is 9.47. The predicted molar refractivity (Wildman–Crippen MR) is 118 cm³/mol. The van der Waals surface area contributed by atoms with Gasteiger partial charge in [-0.2, -0.15) is 0 Å². The van der Waals surface area contributed by atoms with E-state index in [1.54, 1.807) is 0 Å². The minimum Gasteiger partial charge on any atom is -0.393 e. The van der Waals surface area contributed by atoms with Gasteiger partial charge in [-0.25, -0.2) is 4.98 Å². The van der Waals surface area contributed by atoms with Crippen LogP contribution in [0.5, 0.6) is 0 Å². The number of benzene rings is 1. The lowest BCUT2D eigenvalue weighted by Gasteiger charge is -2.58. The van der Waals surface area contributed by atoms with Gasteiger partial charge in [0, 0.05) is 17.0 Å². The summed E-state index contributed by atoms with van der Waals surface area (Å²) in [6, 6.07) is 8.28. The van der Waals surface area contributed by atoms with E-state index in [2.05, 4.69) is 53.7 Å². The number of para-hydroxylation sites is 2. The summed E-state index contributed by atoms with van der Waals surface area (Å²) in [5.74, 6) is 1.34. The third-order valence-corrected chi connectivity index (χ3v) is 9.32. The van der Waals surface area contributed by atoms with Crippen molar-refractivity contribution in [1.82, 2.24) is 9.55 Å². The maximum Gasteiger partial charge on any atom is 0.100 e. The summed E-state index contributed by atoms with van der Waals surface area (Å²) < 4.78 is 2.22. The molecule has 6 rings (SSSR count). The van der Waals surface area contributed by atoms with Crippen molar-refractivity contribution in [2.24, 2.45) is 28.6 Å². The van der Waals surface area contributed by atoms with Crippen LogP contribution in [-0.4, -0.2) is 32.0 Å². The lowest BCUT2D eigenvalue weighted by molar-refractivity contribution is -0.0589. The van der Waals surface area contributed by atoms with Crippen molar-refractivity contribution in [2.45, 2.75) is 64.6 Å². The van der Waals surface area contributed by atoms with E-state index in [1.807, 2.05) is 12.4 Å². The predicted octanol–water partition coefficient (Wildman–Crippen LogP) is 4.78. The number of imidazole rings is 1. The summed E-state index contributed by atoms with van der Waals surface area (Å²) in [4.78, 5) is 4.62. The molecule has 0 aliphatic heterocycles. The molecule has 0 amide bonds. The average Bonchev–Trinajstić information content (AvgIpc) is 3.26. The lowest BCUT2D eigenvalue weighted by Crippen LogP contribution is -2.52. The van der Waals surface area contributed by atoms with Crippen LogP contribution in [0.25, 0.3) is 16.7 Å². The topological polar surface area (TPSA) is 58.3 Å². The SMILES string of the molecule is C[C@]12CC[C@H](O)CC1=CCC1C2CC[C@]2(C)C(n3cnc4ccccc43)=CC(O)C12. The maximum atomic E-state index is 11.3. The van der Waals surface area contributed by atoms with Gasteiger partial charge in [0.2, 0.25) is 0 Å². The van der Waals surface area contributed by atoms with Crippen LogP contribution < -0.4 is 0 Å². The Morgan fingerprint density at radius 1 is 1.07 bits per heavy atom. The maximum absolute atomic E-state index is 11.3. The number of aliphatic hydroxyl groups is 2. The van der Waals surface area contributed by atoms with E-state index in [0.29, 0.717) is 11.8 Å². The van der Waals surface area contributed by atoms with Gasteiger partial charge in [-0.3, -0.25) is 0 Å². The Morgan fingerprint density at radius 3 is 2.73 bits per heavy atom. The van der Waals surface area contributed by atoms with Gasteiger partial charge >= 0.3 is 0 Å². The molecule has 1 aromatic carbocycles. The third-order valence-electron chi connectivity index (χ3n) is 9.32. The Kier molecular flexibility index (Phi) is 3.96. The number of aliphatic hydroxyl groups excluding tert-OH is 2. The monoisotopic (exact) mass is 404 g/mol. The molecule has 158 valence electrons. The van der Waals surface area contributed by atoms with Crippen LogP contribution in [0, 0.1) is 28.6 Å². The van der Waals surface area contributed by atoms with Crippen molar-refractivity contribution in [1.29, 1.82) is 0 Å². The third kappa shape index (κ3) is 2.38. The Hall–Kier alpha value is -1.91. The van der Waals surface area contributed by atoms with Crippen molar-refractivity contribution in [3.8, 4) is 0 Å². The van der Waals surface area contributed by atoms with Gasteiger partial charge in [0.05, 0.1) is 23.2 Å². The summed E-state index contributed by atoms with van der Waals surface area (Å²) in [6.07, 6.45) is 12.0. The van der Waals surface area contributed by atoms with E-state index in [0.717, 1.165) is 43.1 Å². The number of hydrogen-bond donors (Lipinski definition) is 2. The number of fused-ring (bicyclic) bond motifs is 6. The molecule has 4 heteroatoms. The average molecular weight is 405 g/mol. The van der Waals surface area contributed by atoms with Gasteiger partial charge in [0.1, 0.15) is 6.33 Å². The minimum absolute atomic E-state index is 0.0417. The molecule has 0 bridgehead atoms. The molecule has 1 heterocycles. The van der Waals surface area contributed by atoms with Gasteiger partial charge < -0.3 is 14.8 Å². The molecule has 1 aromatic heterocycles. The molecule has 30 heavy (non-hydrogen) atoms. The highest BCUT2D eigenvalue weighted by molar-refractivity contribution is 5.80. The molecule has 4 unspecified atom stereocenters. The van der Waals surface area contributed by atoms with Crippen LogP contribution in [0.2, 0.25) is 0 Å². The summed E-state index contributed by atoms with van der Waals surface area (Å²) in [5.41, 5.74) is 4.98. The fourth-order valence-electron chi connectivity index (χ4n) is 7.79. The zero-order valence-corrected chi connectivity index (χ0v) is 18.0. The Balaban J connectivity index is 1.40. The molecule has 4 aliphatic carbocycles. The molecule has 7 atom stereocenters. The summed E-state index contributed by atoms with van der Waals surface area (Å²) in [6.45, 7) is 4.81. The standard InChI is InChI=1S/C26H32N2O2/c1-25-11-9-17(29)13-16(25)7-8-18-19(25)10-12-26(2)23(14-22(30)24(18)26)28-15-27-20-5-3-4-6-21(20)28/h3-7,14-15,17-19,22,24,29-30H,8-13H2,1-2H3/t17-,18?,19?,22?,24?,25-,26+/m0/s1. The number of allylic oxidation sites excluding steroid dienone is 2. The Bertz CT molecular complexity index is 1070. The van der Waals surface area contributed by atoms with E-state index < -0.39 is 6.10 Å². The second kappa shape index (κ2) is 6.30. The molecule has 0 spiro atoms. The van der Waals surface area contributed by atoms with Crippen molar-refractivity contribution < 1.29 is 10.2 Å². The first-order chi connectivity index (χ1) is 14.4. The molecule has 2 fully saturated rings. The molecule has 2 aromatic rings. The Labute approximate surface area is 178 Å². The first-order valence-electron chi connectivity index (χ1n) is 11.6. The van der Waals surface area contributed by atoms with Crippen molar-refractivity contribution in [2.75, 3.05) is 0 Å². The van der Waals surface area contributed by atoms with Crippen LogP contribution in [0.1, 0.15) is 52.4 Å². The van der Waals surface area contributed by atoms with Gasteiger partial charge in [-0.05, 0) is 74.0 Å². The second-order valence-corrected chi connectivity index (χ2v) is 10.7. The minimum atomic E-state index is -0.410. The summed E-state index contributed by atoms with van der Waals surface area (Å²) in [7, 11) is 0. The highest BCUT2D eigenvalue weighted by Gasteiger charge is 2.59. The zero-order chi connectivity index (χ0) is 20.7. The van der Waals surface area contributed by atoms with Gasteiger partial charge in [-0.1, -0.05) is 37.6 Å². The van der Waals surface area contributed by atoms with E-state index in [1.165, 1.54) is 17.7 Å². The van der Waals surface area contributed by atoms with Crippen LogP contribution >= 0.6 is 0 Å². The fraction of sp³-hybridized carbons (Fsp3) is 0.577. The zero-order valence-electron chi connectivity index (χ0n) is 18.0. The van der Waals surface area contributed by atoms with E-state index in [-0.39, 0.29) is 22.9 Å². The fourth-order valence-corrected chi connectivity index (χ4v) is 7.79. The normalized spacial score (nSPS) is 42.9. The summed E-state index contributed by atoms with van der Waals surface area (Å²) in [5, 5.41) is 21.5. The van der Waals surface area contributed by atoms with Crippen LogP contribution in [0.4, 0.5) is 0 Å². The molecule has 2 N–H and O–H groups in total. The molecule has 2 saturated carbocycles. The number of hydrogen-bond acceptors (Lipinski definition) is 3. The molecule has 0 saturated heterocycles. The highest BCUT2D eigenvalue weighted by atomic mass is 16.3. The second-order valence-electron chi connectivity index (χ2n) is 10.7. The van der Waals surface area contributed by atoms with E-state index in [4.69, 9.17) is 0 Å². The first-order valence-corrected chi connectivity index (χ1v) is 11.6. The number of nitrogens with zero attached hydrogens (tertiary/aromatic N) is 2. The molecule has 0 radical (unpaired) electrons. The van der Waals surface area contributed by atoms with Gasteiger partial charge in [0.25, 0.3) is 0 Å². The van der Waals surface area contributed by atoms with Gasteiger partial charge in [0.15, 0.2) is 0 Å². The largest absolute Gasteiger partial charge is 0.393 e. The highest BCUT2D eigenvalue weighted by Crippen LogP contribution is 2.65. The molecule has 4 aliphatic rings. The van der Waals surface area contributed by atoms with Crippen molar-refractivity contribution in [3.63, 3.8) is 0 Å². The quantitative estimate of drug-likeness (QED) is 0.673. The van der Waals surface area contributed by atoms with Gasteiger partial charge in [-0.15, -0.1) is 0 Å². The molecular formula is C26H32N2O2. The Morgan fingerprint density at radius 2 is 1.87 bits per heavy atom. The van der Waals surface area contributed by atoms with Crippen molar-refractivity contribution >= 4 is 16.7 Å². The number of rotatable bonds is 1. The van der Waals surface area contributed by atoms with Crippen molar-refractivity contribution in [3.05, 3.63) is 48.3 Å².